The summed E-state index contributed by atoms with van der Waals surface area (Å²) in [4.78, 5) is 0. The molecule has 0 amide bonds. The van der Waals surface area contributed by atoms with Crippen molar-refractivity contribution in [3.63, 3.8) is 0 Å². The highest BCUT2D eigenvalue weighted by atomic mass is 15.2. The molecule has 22 heavy (non-hydrogen) atoms. The second-order valence-electron chi connectivity index (χ2n) is 5.35. The van der Waals surface area contributed by atoms with E-state index in [0.29, 0.717) is 0 Å². The fourth-order valence-corrected chi connectivity index (χ4v) is 2.34. The van der Waals surface area contributed by atoms with Gasteiger partial charge < -0.3 is 0 Å². The molecule has 2 rings (SSSR count). The zero-order valence-electron chi connectivity index (χ0n) is 13.5. The van der Waals surface area contributed by atoms with Crippen molar-refractivity contribution >= 4 is 12.4 Å². The van der Waals surface area contributed by atoms with Gasteiger partial charge in [0.25, 0.3) is 0 Å². The van der Waals surface area contributed by atoms with E-state index in [1.165, 1.54) is 22.3 Å². The number of hydrogen-bond acceptors (Lipinski definition) is 2. The van der Waals surface area contributed by atoms with E-state index in [9.17, 15) is 0 Å². The summed E-state index contributed by atoms with van der Waals surface area (Å²) in [5.41, 5.74) is 5.30. The topological polar surface area (TPSA) is 24.7 Å². The standard InChI is InChI=1S/C20H24N2/c1-3-17-7-5-9-19(15-17)11-13-21-22-14-12-20-10-6-8-18(4-2)16-20/h5-10,13-16H,3-4,11-12H2,1-2H3/b21-13+,22-14+. The van der Waals surface area contributed by atoms with Crippen molar-refractivity contribution in [2.75, 3.05) is 0 Å². The average molecular weight is 292 g/mol. The smallest absolute Gasteiger partial charge is 0.0313 e. The maximum Gasteiger partial charge on any atom is 0.0313 e. The third-order valence-electron chi connectivity index (χ3n) is 3.68. The number of aryl methyl sites for hydroxylation is 2. The number of benzene rings is 2. The normalized spacial score (nSPS) is 11.5. The Balaban J connectivity index is 1.81. The molecule has 0 heterocycles. The predicted molar refractivity (Wildman–Crippen MR) is 96.0 cm³/mol. The van der Waals surface area contributed by atoms with Crippen LogP contribution in [-0.4, -0.2) is 12.4 Å². The highest BCUT2D eigenvalue weighted by Crippen LogP contribution is 2.06. The van der Waals surface area contributed by atoms with Crippen molar-refractivity contribution in [3.05, 3.63) is 70.8 Å². The lowest BCUT2D eigenvalue weighted by Gasteiger charge is -1.99. The van der Waals surface area contributed by atoms with Crippen molar-refractivity contribution in [3.8, 4) is 0 Å². The van der Waals surface area contributed by atoms with Crippen LogP contribution in [0.1, 0.15) is 36.1 Å². The quantitative estimate of drug-likeness (QED) is 0.524. The Morgan fingerprint density at radius 1 is 0.682 bits per heavy atom. The van der Waals surface area contributed by atoms with Crippen LogP contribution >= 0.6 is 0 Å². The van der Waals surface area contributed by atoms with Gasteiger partial charge in [-0.25, -0.2) is 0 Å². The van der Waals surface area contributed by atoms with Gasteiger partial charge in [0, 0.05) is 25.3 Å². The van der Waals surface area contributed by atoms with Gasteiger partial charge >= 0.3 is 0 Å². The summed E-state index contributed by atoms with van der Waals surface area (Å²) in [5, 5.41) is 8.25. The van der Waals surface area contributed by atoms with Crippen LogP contribution in [-0.2, 0) is 25.7 Å². The Labute approximate surface area is 133 Å². The highest BCUT2D eigenvalue weighted by Gasteiger charge is 1.93. The van der Waals surface area contributed by atoms with Crippen LogP contribution in [0.2, 0.25) is 0 Å². The lowest BCUT2D eigenvalue weighted by Crippen LogP contribution is -1.89. The van der Waals surface area contributed by atoms with E-state index in [0.717, 1.165) is 25.7 Å². The van der Waals surface area contributed by atoms with Gasteiger partial charge in [-0.3, -0.25) is 0 Å². The molecule has 2 nitrogen and oxygen atoms in total. The molecule has 0 aromatic heterocycles. The molecule has 0 spiro atoms. The Morgan fingerprint density at radius 2 is 1.09 bits per heavy atom. The van der Waals surface area contributed by atoms with Crippen molar-refractivity contribution in [2.45, 2.75) is 39.5 Å². The molecule has 0 saturated heterocycles. The van der Waals surface area contributed by atoms with E-state index in [-0.39, 0.29) is 0 Å². The van der Waals surface area contributed by atoms with Crippen LogP contribution in [0.5, 0.6) is 0 Å². The molecule has 0 bridgehead atoms. The maximum atomic E-state index is 4.12. The zero-order chi connectivity index (χ0) is 15.6. The maximum absolute atomic E-state index is 4.12. The van der Waals surface area contributed by atoms with Crippen molar-refractivity contribution in [1.29, 1.82) is 0 Å². The fourth-order valence-electron chi connectivity index (χ4n) is 2.34. The molecule has 114 valence electrons. The molecule has 2 aromatic carbocycles. The summed E-state index contributed by atoms with van der Waals surface area (Å²) < 4.78 is 0. The molecule has 0 N–H and O–H groups in total. The predicted octanol–water partition coefficient (Wildman–Crippen LogP) is 4.65. The number of hydrogen-bond donors (Lipinski definition) is 0. The van der Waals surface area contributed by atoms with Crippen molar-refractivity contribution in [2.24, 2.45) is 10.2 Å². The molecular formula is C20H24N2. The molecule has 0 aliphatic carbocycles. The van der Waals surface area contributed by atoms with Crippen LogP contribution in [0.4, 0.5) is 0 Å². The van der Waals surface area contributed by atoms with Crippen molar-refractivity contribution in [1.82, 2.24) is 0 Å². The Bertz CT molecular complexity index is 584. The molecule has 0 fully saturated rings. The average Bonchev–Trinajstić information content (AvgIpc) is 2.58. The first kappa shape index (κ1) is 16.2. The summed E-state index contributed by atoms with van der Waals surface area (Å²) in [6.07, 6.45) is 7.54. The Morgan fingerprint density at radius 3 is 1.50 bits per heavy atom. The lowest BCUT2D eigenvalue weighted by molar-refractivity contribution is 1.12. The first-order chi connectivity index (χ1) is 10.8. The third kappa shape index (κ3) is 5.28. The minimum atomic E-state index is 0.830. The fraction of sp³-hybridized carbons (Fsp3) is 0.300. The summed E-state index contributed by atoms with van der Waals surface area (Å²) in [7, 11) is 0. The van der Waals surface area contributed by atoms with Gasteiger partial charge in [-0.15, -0.1) is 0 Å². The van der Waals surface area contributed by atoms with E-state index in [4.69, 9.17) is 0 Å². The van der Waals surface area contributed by atoms with E-state index >= 15 is 0 Å². The molecule has 0 atom stereocenters. The molecule has 0 unspecified atom stereocenters. The number of nitrogens with zero attached hydrogens (tertiary/aromatic N) is 2. The molecule has 0 saturated carbocycles. The molecule has 0 radical (unpaired) electrons. The van der Waals surface area contributed by atoms with Crippen LogP contribution in [0.25, 0.3) is 0 Å². The molecule has 0 aliphatic heterocycles. The summed E-state index contributed by atoms with van der Waals surface area (Å²) in [5.74, 6) is 0. The van der Waals surface area contributed by atoms with Crippen LogP contribution in [0, 0.1) is 0 Å². The van der Waals surface area contributed by atoms with Gasteiger partial charge in [-0.1, -0.05) is 62.4 Å². The summed E-state index contributed by atoms with van der Waals surface area (Å²) in [6.45, 7) is 4.34. The Kier molecular flexibility index (Phi) is 6.56. The molecule has 2 aromatic rings. The molecule has 2 heteroatoms. The van der Waals surface area contributed by atoms with Crippen LogP contribution < -0.4 is 0 Å². The van der Waals surface area contributed by atoms with E-state index in [1.807, 2.05) is 12.4 Å². The van der Waals surface area contributed by atoms with Gasteiger partial charge in [0.05, 0.1) is 0 Å². The molecular weight excluding hydrogens is 268 g/mol. The number of rotatable bonds is 7. The zero-order valence-corrected chi connectivity index (χ0v) is 13.5. The highest BCUT2D eigenvalue weighted by molar-refractivity contribution is 5.65. The van der Waals surface area contributed by atoms with Gasteiger partial charge in [0.15, 0.2) is 0 Å². The van der Waals surface area contributed by atoms with E-state index < -0.39 is 0 Å². The first-order valence-corrected chi connectivity index (χ1v) is 8.00. The Hall–Kier alpha value is -2.22. The second kappa shape index (κ2) is 8.93. The summed E-state index contributed by atoms with van der Waals surface area (Å²) in [6, 6.07) is 17.2. The van der Waals surface area contributed by atoms with E-state index in [1.54, 1.807) is 0 Å². The van der Waals surface area contributed by atoms with Gasteiger partial charge in [0.2, 0.25) is 0 Å². The van der Waals surface area contributed by atoms with Gasteiger partial charge in [-0.2, -0.15) is 10.2 Å². The van der Waals surface area contributed by atoms with Gasteiger partial charge in [-0.05, 0) is 35.1 Å². The minimum Gasteiger partial charge on any atom is -0.164 e. The van der Waals surface area contributed by atoms with Crippen LogP contribution in [0.3, 0.4) is 0 Å². The second-order valence-corrected chi connectivity index (χ2v) is 5.35. The van der Waals surface area contributed by atoms with Crippen molar-refractivity contribution < 1.29 is 0 Å². The summed E-state index contributed by atoms with van der Waals surface area (Å²) >= 11 is 0. The first-order valence-electron chi connectivity index (χ1n) is 8.00. The molecule has 0 aliphatic rings. The lowest BCUT2D eigenvalue weighted by atomic mass is 10.1. The van der Waals surface area contributed by atoms with E-state index in [2.05, 4.69) is 72.6 Å². The van der Waals surface area contributed by atoms with Crippen LogP contribution in [0.15, 0.2) is 58.7 Å². The largest absolute Gasteiger partial charge is 0.164 e. The van der Waals surface area contributed by atoms with Gasteiger partial charge in [0.1, 0.15) is 0 Å². The monoisotopic (exact) mass is 292 g/mol. The SMILES string of the molecule is CCc1cccc(C/C=N/N=C/Cc2cccc(CC)c2)c1. The minimum absolute atomic E-state index is 0.830. The third-order valence-corrected chi connectivity index (χ3v) is 3.68.